The zero-order valence-electron chi connectivity index (χ0n) is 8.85. The van der Waals surface area contributed by atoms with Crippen molar-refractivity contribution in [1.29, 1.82) is 0 Å². The molecule has 1 fully saturated rings. The predicted molar refractivity (Wildman–Crippen MR) is 51.8 cm³/mol. The summed E-state index contributed by atoms with van der Waals surface area (Å²) in [6.45, 7) is 4.57. The largest absolute Gasteiger partial charge is 0.390 e. The Labute approximate surface area is 84.8 Å². The molecule has 0 aromatic carbocycles. The highest BCUT2D eigenvalue weighted by Gasteiger charge is 2.35. The number of aliphatic hydroxyl groups excluding tert-OH is 2. The minimum absolute atomic E-state index is 0.305. The molecule has 4 atom stereocenters. The molecule has 0 aromatic heterocycles. The van der Waals surface area contributed by atoms with Gasteiger partial charge in [-0.1, -0.05) is 13.8 Å². The molecule has 1 unspecified atom stereocenters. The van der Waals surface area contributed by atoms with E-state index < -0.39 is 12.2 Å². The van der Waals surface area contributed by atoms with E-state index in [0.717, 1.165) is 6.42 Å². The van der Waals surface area contributed by atoms with Crippen LogP contribution in [0.25, 0.3) is 0 Å². The Morgan fingerprint density at radius 2 is 2.07 bits per heavy atom. The number of hydrogen-bond donors (Lipinski definition) is 2. The van der Waals surface area contributed by atoms with Crippen molar-refractivity contribution in [2.75, 3.05) is 6.61 Å². The Balaban J connectivity index is 2.41. The fraction of sp³-hybridized carbons (Fsp3) is 1.00. The molecule has 0 aliphatic carbocycles. The monoisotopic (exact) mass is 204 g/mol. The van der Waals surface area contributed by atoms with Crippen molar-refractivity contribution in [2.24, 2.45) is 0 Å². The third-order valence-corrected chi connectivity index (χ3v) is 2.45. The maximum atomic E-state index is 9.55. The van der Waals surface area contributed by atoms with Crippen molar-refractivity contribution in [3.8, 4) is 0 Å². The summed E-state index contributed by atoms with van der Waals surface area (Å²) in [5, 5.41) is 19.1. The lowest BCUT2D eigenvalue weighted by atomic mass is 10.00. The fourth-order valence-electron chi connectivity index (χ4n) is 1.61. The third-order valence-electron chi connectivity index (χ3n) is 2.45. The van der Waals surface area contributed by atoms with Crippen LogP contribution >= 0.6 is 0 Å². The van der Waals surface area contributed by atoms with E-state index in [1.165, 1.54) is 0 Å². The molecule has 0 aromatic rings. The summed E-state index contributed by atoms with van der Waals surface area (Å²) in [6.07, 6.45) is -0.201. The van der Waals surface area contributed by atoms with Crippen LogP contribution in [0.1, 0.15) is 33.1 Å². The summed E-state index contributed by atoms with van der Waals surface area (Å²) in [5.74, 6) is 0. The van der Waals surface area contributed by atoms with E-state index in [1.807, 2.05) is 13.8 Å². The molecule has 1 heterocycles. The van der Waals surface area contributed by atoms with Gasteiger partial charge >= 0.3 is 0 Å². The summed E-state index contributed by atoms with van der Waals surface area (Å²) < 4.78 is 10.9. The van der Waals surface area contributed by atoms with Gasteiger partial charge in [0.05, 0.1) is 12.2 Å². The molecule has 4 heteroatoms. The lowest BCUT2D eigenvalue weighted by molar-refractivity contribution is -0.250. The average molecular weight is 204 g/mol. The quantitative estimate of drug-likeness (QED) is 0.706. The number of hydrogen-bond acceptors (Lipinski definition) is 4. The first-order chi connectivity index (χ1) is 6.69. The Morgan fingerprint density at radius 3 is 2.64 bits per heavy atom. The van der Waals surface area contributed by atoms with Gasteiger partial charge in [0, 0.05) is 13.0 Å². The first kappa shape index (κ1) is 11.9. The second kappa shape index (κ2) is 5.66. The zero-order valence-corrected chi connectivity index (χ0v) is 8.85. The number of ether oxygens (including phenoxy) is 2. The molecule has 84 valence electrons. The van der Waals surface area contributed by atoms with Crippen molar-refractivity contribution in [3.05, 3.63) is 0 Å². The SMILES string of the molecule is CCCO[C@H]1C[C@@H](O)[C@@H](O)C(CC)O1. The van der Waals surface area contributed by atoms with E-state index >= 15 is 0 Å². The minimum atomic E-state index is -0.776. The smallest absolute Gasteiger partial charge is 0.160 e. The first-order valence-electron chi connectivity index (χ1n) is 5.32. The molecule has 1 rings (SSSR count). The molecule has 1 aliphatic rings. The van der Waals surface area contributed by atoms with E-state index in [-0.39, 0.29) is 12.4 Å². The topological polar surface area (TPSA) is 58.9 Å². The molecule has 14 heavy (non-hydrogen) atoms. The van der Waals surface area contributed by atoms with Crippen LogP contribution in [0, 0.1) is 0 Å². The van der Waals surface area contributed by atoms with E-state index in [2.05, 4.69) is 0 Å². The van der Waals surface area contributed by atoms with Crippen LogP contribution in [0.3, 0.4) is 0 Å². The van der Waals surface area contributed by atoms with Crippen LogP contribution in [-0.4, -0.2) is 41.4 Å². The van der Waals surface area contributed by atoms with E-state index in [1.54, 1.807) is 0 Å². The zero-order chi connectivity index (χ0) is 10.6. The van der Waals surface area contributed by atoms with Crippen LogP contribution in [0.4, 0.5) is 0 Å². The highest BCUT2D eigenvalue weighted by molar-refractivity contribution is 4.81. The van der Waals surface area contributed by atoms with Gasteiger partial charge in [0.2, 0.25) is 0 Å². The van der Waals surface area contributed by atoms with Crippen LogP contribution in [0.5, 0.6) is 0 Å². The lowest BCUT2D eigenvalue weighted by Crippen LogP contribution is -2.48. The Morgan fingerprint density at radius 1 is 1.36 bits per heavy atom. The highest BCUT2D eigenvalue weighted by Crippen LogP contribution is 2.23. The third kappa shape index (κ3) is 2.92. The summed E-state index contributed by atoms with van der Waals surface area (Å²) >= 11 is 0. The Kier molecular flexibility index (Phi) is 4.81. The van der Waals surface area contributed by atoms with Crippen LogP contribution in [0.15, 0.2) is 0 Å². The Bertz CT molecular complexity index is 162. The molecule has 1 aliphatic heterocycles. The van der Waals surface area contributed by atoms with Crippen LogP contribution in [-0.2, 0) is 9.47 Å². The van der Waals surface area contributed by atoms with Gasteiger partial charge in [-0.25, -0.2) is 0 Å². The molecule has 4 nitrogen and oxygen atoms in total. The van der Waals surface area contributed by atoms with Gasteiger partial charge in [-0.05, 0) is 12.8 Å². The molecular formula is C10H20O4. The van der Waals surface area contributed by atoms with Crippen molar-refractivity contribution in [2.45, 2.75) is 57.7 Å². The minimum Gasteiger partial charge on any atom is -0.390 e. The van der Waals surface area contributed by atoms with Crippen molar-refractivity contribution < 1.29 is 19.7 Å². The van der Waals surface area contributed by atoms with Crippen molar-refractivity contribution >= 4 is 0 Å². The van der Waals surface area contributed by atoms with E-state index in [0.29, 0.717) is 19.4 Å². The highest BCUT2D eigenvalue weighted by atomic mass is 16.7. The lowest BCUT2D eigenvalue weighted by Gasteiger charge is -2.36. The van der Waals surface area contributed by atoms with Gasteiger partial charge in [0.1, 0.15) is 6.10 Å². The Hall–Kier alpha value is -0.160. The van der Waals surface area contributed by atoms with Crippen LogP contribution < -0.4 is 0 Å². The van der Waals surface area contributed by atoms with E-state index in [4.69, 9.17) is 9.47 Å². The molecule has 0 amide bonds. The molecule has 0 bridgehead atoms. The molecule has 0 radical (unpaired) electrons. The average Bonchev–Trinajstić information content (AvgIpc) is 2.19. The summed E-state index contributed by atoms with van der Waals surface area (Å²) in [4.78, 5) is 0. The molecular weight excluding hydrogens is 184 g/mol. The van der Waals surface area contributed by atoms with Gasteiger partial charge in [-0.15, -0.1) is 0 Å². The molecule has 1 saturated heterocycles. The number of rotatable bonds is 4. The fourth-order valence-corrected chi connectivity index (χ4v) is 1.61. The molecule has 0 spiro atoms. The van der Waals surface area contributed by atoms with Crippen LogP contribution in [0.2, 0.25) is 0 Å². The van der Waals surface area contributed by atoms with Crippen molar-refractivity contribution in [1.82, 2.24) is 0 Å². The predicted octanol–water partition coefficient (Wildman–Crippen LogP) is 0.660. The second-order valence-electron chi connectivity index (χ2n) is 3.68. The molecule has 0 saturated carbocycles. The summed E-state index contributed by atoms with van der Waals surface area (Å²) in [5.41, 5.74) is 0. The van der Waals surface area contributed by atoms with E-state index in [9.17, 15) is 10.2 Å². The first-order valence-corrected chi connectivity index (χ1v) is 5.32. The van der Waals surface area contributed by atoms with Gasteiger partial charge in [-0.3, -0.25) is 0 Å². The van der Waals surface area contributed by atoms with Gasteiger partial charge in [0.15, 0.2) is 6.29 Å². The maximum Gasteiger partial charge on any atom is 0.160 e. The van der Waals surface area contributed by atoms with Gasteiger partial charge in [0.25, 0.3) is 0 Å². The maximum absolute atomic E-state index is 9.55. The summed E-state index contributed by atoms with van der Waals surface area (Å²) in [6, 6.07) is 0. The van der Waals surface area contributed by atoms with Crippen molar-refractivity contribution in [3.63, 3.8) is 0 Å². The standard InChI is InChI=1S/C10H20O4/c1-3-5-13-9-6-7(11)10(12)8(4-2)14-9/h7-12H,3-6H2,1-2H3/t7-,8?,9-,10-/m1/s1. The summed E-state index contributed by atoms with van der Waals surface area (Å²) in [7, 11) is 0. The molecule has 2 N–H and O–H groups in total. The second-order valence-corrected chi connectivity index (χ2v) is 3.68. The van der Waals surface area contributed by atoms with Gasteiger partial charge < -0.3 is 19.7 Å². The normalized spacial score (nSPS) is 38.6. The van der Waals surface area contributed by atoms with Gasteiger partial charge in [-0.2, -0.15) is 0 Å². The number of aliphatic hydroxyl groups is 2.